The molecule has 0 fully saturated rings. The smallest absolute Gasteiger partial charge is 0.340 e. The van der Waals surface area contributed by atoms with Crippen molar-refractivity contribution in [2.45, 2.75) is 34.1 Å². The Morgan fingerprint density at radius 1 is 1.33 bits per heavy atom. The molecule has 0 bridgehead atoms. The van der Waals surface area contributed by atoms with Gasteiger partial charge in [-0.05, 0) is 33.1 Å². The highest BCUT2D eigenvalue weighted by Crippen LogP contribution is 2.17. The van der Waals surface area contributed by atoms with E-state index in [1.54, 1.807) is 39.2 Å². The predicted octanol–water partition coefficient (Wildman–Crippen LogP) is 2.43. The van der Waals surface area contributed by atoms with Gasteiger partial charge in [0.2, 0.25) is 5.91 Å². The van der Waals surface area contributed by atoms with Gasteiger partial charge in [0, 0.05) is 12.3 Å². The van der Waals surface area contributed by atoms with Crippen LogP contribution in [-0.2, 0) is 19.1 Å². The lowest BCUT2D eigenvalue weighted by molar-refractivity contribution is -0.138. The number of esters is 1. The molecule has 0 aliphatic rings. The lowest BCUT2D eigenvalue weighted by Crippen LogP contribution is -2.27. The number of amides is 1. The average molecular weight is 313 g/mol. The Bertz CT molecular complexity index is 455. The number of thioether (sulfide) groups is 1. The largest absolute Gasteiger partial charge is 0.462 e. The van der Waals surface area contributed by atoms with Crippen LogP contribution < -0.4 is 5.32 Å². The molecular weight excluding hydrogens is 290 g/mol. The molecule has 1 unspecified atom stereocenters. The van der Waals surface area contributed by atoms with Gasteiger partial charge in [0.05, 0.1) is 17.2 Å². The third-order valence-electron chi connectivity index (χ3n) is 2.72. The highest BCUT2D eigenvalue weighted by Gasteiger charge is 2.18. The van der Waals surface area contributed by atoms with Gasteiger partial charge >= 0.3 is 5.97 Å². The van der Waals surface area contributed by atoms with E-state index in [2.05, 4.69) is 5.32 Å². The highest BCUT2D eigenvalue weighted by molar-refractivity contribution is 8.02. The van der Waals surface area contributed by atoms with Gasteiger partial charge in [0.1, 0.15) is 5.78 Å². The molecule has 1 N–H and O–H groups in total. The van der Waals surface area contributed by atoms with Gasteiger partial charge in [-0.1, -0.05) is 13.0 Å². The van der Waals surface area contributed by atoms with E-state index in [9.17, 15) is 14.4 Å². The summed E-state index contributed by atoms with van der Waals surface area (Å²) in [4.78, 5) is 35.0. The van der Waals surface area contributed by atoms with Crippen LogP contribution in [-0.4, -0.2) is 30.5 Å². The van der Waals surface area contributed by atoms with Crippen molar-refractivity contribution in [3.63, 3.8) is 0 Å². The van der Waals surface area contributed by atoms with Crippen LogP contribution in [0.1, 0.15) is 34.1 Å². The minimum Gasteiger partial charge on any atom is -0.462 e. The average Bonchev–Trinajstić information content (AvgIpc) is 2.42. The quantitative estimate of drug-likeness (QED) is 0.423. The lowest BCUT2D eigenvalue weighted by atomic mass is 10.0. The normalized spacial score (nSPS) is 13.6. The third-order valence-corrected chi connectivity index (χ3v) is 3.45. The summed E-state index contributed by atoms with van der Waals surface area (Å²) in [5.74, 6) is -1.17. The molecular formula is C15H23NO4S. The number of Topliss-reactive ketones (excluding diaryl/α,β-unsaturated/α-hetero) is 1. The van der Waals surface area contributed by atoms with Gasteiger partial charge in [-0.2, -0.15) is 0 Å². The number of ketones is 1. The second-order valence-corrected chi connectivity index (χ2v) is 5.25. The van der Waals surface area contributed by atoms with E-state index in [0.717, 1.165) is 0 Å². The molecule has 0 aromatic carbocycles. The second-order valence-electron chi connectivity index (χ2n) is 4.43. The van der Waals surface area contributed by atoms with Gasteiger partial charge < -0.3 is 10.1 Å². The molecule has 0 radical (unpaired) electrons. The first-order valence-corrected chi connectivity index (χ1v) is 7.98. The van der Waals surface area contributed by atoms with Crippen molar-refractivity contribution in [3.05, 3.63) is 22.8 Å². The SMILES string of the molecule is C/C=C/C(C(=O)OCC)=C(/NC(=O)CC(C)C(C)=O)SC. The molecule has 0 aromatic rings. The van der Waals surface area contributed by atoms with E-state index in [4.69, 9.17) is 4.74 Å². The molecule has 21 heavy (non-hydrogen) atoms. The maximum atomic E-state index is 11.9. The van der Waals surface area contributed by atoms with Gasteiger partial charge in [0.25, 0.3) is 0 Å². The summed E-state index contributed by atoms with van der Waals surface area (Å²) in [6.45, 7) is 6.90. The fraction of sp³-hybridized carbons (Fsp3) is 0.533. The minimum absolute atomic E-state index is 0.0427. The Balaban J connectivity index is 5.14. The van der Waals surface area contributed by atoms with Crippen molar-refractivity contribution in [2.75, 3.05) is 12.9 Å². The standard InChI is InChI=1S/C15H23NO4S/c1-6-8-12(15(19)20-7-2)14(21-5)16-13(18)9-10(3)11(4)17/h6,8,10H,7,9H2,1-5H3,(H,16,18)/b8-6+,14-12+. The maximum absolute atomic E-state index is 11.9. The van der Waals surface area contributed by atoms with E-state index < -0.39 is 5.97 Å². The lowest BCUT2D eigenvalue weighted by Gasteiger charge is -2.13. The molecule has 0 saturated carbocycles. The summed E-state index contributed by atoms with van der Waals surface area (Å²) >= 11 is 1.25. The molecule has 118 valence electrons. The number of allylic oxidation sites excluding steroid dienone is 1. The highest BCUT2D eigenvalue weighted by atomic mass is 32.2. The number of carbonyl (C=O) groups excluding carboxylic acids is 3. The molecule has 0 aliphatic carbocycles. The molecule has 0 aliphatic heterocycles. The topological polar surface area (TPSA) is 72.5 Å². The van der Waals surface area contributed by atoms with Crippen molar-refractivity contribution >= 4 is 29.4 Å². The zero-order chi connectivity index (χ0) is 16.4. The zero-order valence-electron chi connectivity index (χ0n) is 13.2. The molecule has 0 spiro atoms. The van der Waals surface area contributed by atoms with Gasteiger partial charge in [-0.25, -0.2) is 4.79 Å². The Kier molecular flexibility index (Phi) is 9.45. The van der Waals surface area contributed by atoms with Crippen LogP contribution in [0.3, 0.4) is 0 Å². The maximum Gasteiger partial charge on any atom is 0.340 e. The molecule has 1 atom stereocenters. The van der Waals surface area contributed by atoms with E-state index in [1.807, 2.05) is 0 Å². The first kappa shape index (κ1) is 19.4. The number of hydrogen-bond acceptors (Lipinski definition) is 5. The number of ether oxygens (including phenoxy) is 1. The first-order valence-electron chi connectivity index (χ1n) is 6.75. The molecule has 5 nitrogen and oxygen atoms in total. The number of carbonyl (C=O) groups is 3. The van der Waals surface area contributed by atoms with Crippen LogP contribution in [0, 0.1) is 5.92 Å². The molecule has 0 heterocycles. The summed E-state index contributed by atoms with van der Waals surface area (Å²) in [5, 5.41) is 3.10. The summed E-state index contributed by atoms with van der Waals surface area (Å²) in [5.41, 5.74) is 0.302. The summed E-state index contributed by atoms with van der Waals surface area (Å²) in [7, 11) is 0. The van der Waals surface area contributed by atoms with E-state index in [-0.39, 0.29) is 30.6 Å². The molecule has 0 rings (SSSR count). The van der Waals surface area contributed by atoms with Crippen LogP contribution in [0.15, 0.2) is 22.8 Å². The van der Waals surface area contributed by atoms with Crippen molar-refractivity contribution < 1.29 is 19.1 Å². The van der Waals surface area contributed by atoms with E-state index in [1.165, 1.54) is 18.7 Å². The van der Waals surface area contributed by atoms with Gasteiger partial charge in [0.15, 0.2) is 0 Å². The van der Waals surface area contributed by atoms with Crippen LogP contribution in [0.4, 0.5) is 0 Å². The fourth-order valence-electron chi connectivity index (χ4n) is 1.44. The summed E-state index contributed by atoms with van der Waals surface area (Å²) in [6.07, 6.45) is 5.14. The minimum atomic E-state index is -0.486. The van der Waals surface area contributed by atoms with Crippen molar-refractivity contribution in [1.82, 2.24) is 5.32 Å². The van der Waals surface area contributed by atoms with Gasteiger partial charge in [-0.15, -0.1) is 11.8 Å². The Morgan fingerprint density at radius 3 is 2.38 bits per heavy atom. The molecule has 1 amide bonds. The number of hydrogen-bond donors (Lipinski definition) is 1. The Hall–Kier alpha value is -1.56. The number of rotatable bonds is 8. The Labute approximate surface area is 130 Å². The van der Waals surface area contributed by atoms with Crippen LogP contribution in [0.5, 0.6) is 0 Å². The van der Waals surface area contributed by atoms with Crippen LogP contribution in [0.2, 0.25) is 0 Å². The van der Waals surface area contributed by atoms with Crippen LogP contribution in [0.25, 0.3) is 0 Å². The first-order chi connectivity index (χ1) is 9.87. The second kappa shape index (κ2) is 10.2. The van der Waals surface area contributed by atoms with E-state index >= 15 is 0 Å². The molecule has 0 saturated heterocycles. The van der Waals surface area contributed by atoms with Crippen molar-refractivity contribution in [3.8, 4) is 0 Å². The Morgan fingerprint density at radius 2 is 1.95 bits per heavy atom. The van der Waals surface area contributed by atoms with Gasteiger partial charge in [-0.3, -0.25) is 9.59 Å². The monoisotopic (exact) mass is 313 g/mol. The predicted molar refractivity (Wildman–Crippen MR) is 84.6 cm³/mol. The summed E-state index contributed by atoms with van der Waals surface area (Å²) < 4.78 is 4.97. The fourth-order valence-corrected chi connectivity index (χ4v) is 2.03. The number of nitrogens with one attached hydrogen (secondary N) is 1. The summed E-state index contributed by atoms with van der Waals surface area (Å²) in [6, 6.07) is 0. The molecule has 0 aromatic heterocycles. The van der Waals surface area contributed by atoms with Crippen molar-refractivity contribution in [1.29, 1.82) is 0 Å². The van der Waals surface area contributed by atoms with Crippen molar-refractivity contribution in [2.24, 2.45) is 5.92 Å². The molecule has 6 heteroatoms. The van der Waals surface area contributed by atoms with E-state index in [0.29, 0.717) is 10.6 Å². The zero-order valence-corrected chi connectivity index (χ0v) is 14.0. The van der Waals surface area contributed by atoms with Crippen LogP contribution >= 0.6 is 11.8 Å². The third kappa shape index (κ3) is 7.13.